The number of hydrogen-bond donors (Lipinski definition) is 2. The van der Waals surface area contributed by atoms with Crippen LogP contribution in [0.4, 0.5) is 11.5 Å². The minimum Gasteiger partial charge on any atom is -0.478 e. The van der Waals surface area contributed by atoms with Gasteiger partial charge in [-0.05, 0) is 44.2 Å². The van der Waals surface area contributed by atoms with Crippen LogP contribution in [0.25, 0.3) is 0 Å². The molecule has 0 atom stereocenters. The minimum atomic E-state index is -3.83. The molecule has 1 heterocycles. The molecule has 0 aliphatic heterocycles. The molecule has 9 heteroatoms. The third-order valence-electron chi connectivity index (χ3n) is 3.54. The van der Waals surface area contributed by atoms with Gasteiger partial charge in [-0.2, -0.15) is 0 Å². The van der Waals surface area contributed by atoms with Gasteiger partial charge in [0.15, 0.2) is 0 Å². The molecule has 134 valence electrons. The number of rotatable bonds is 7. The van der Waals surface area contributed by atoms with E-state index in [0.29, 0.717) is 18.9 Å². The second-order valence-electron chi connectivity index (χ2n) is 5.13. The van der Waals surface area contributed by atoms with Crippen molar-refractivity contribution in [2.24, 2.45) is 0 Å². The highest BCUT2D eigenvalue weighted by molar-refractivity contribution is 9.10. The highest BCUT2D eigenvalue weighted by Crippen LogP contribution is 2.24. The Hall–Kier alpha value is -2.13. The van der Waals surface area contributed by atoms with Crippen LogP contribution in [-0.4, -0.2) is 37.6 Å². The van der Waals surface area contributed by atoms with Gasteiger partial charge in [0.05, 0.1) is 16.8 Å². The van der Waals surface area contributed by atoms with E-state index in [0.717, 1.165) is 4.47 Å². The Morgan fingerprint density at radius 1 is 1.24 bits per heavy atom. The summed E-state index contributed by atoms with van der Waals surface area (Å²) in [7, 11) is -3.83. The smallest absolute Gasteiger partial charge is 0.339 e. The molecule has 0 aliphatic rings. The molecule has 0 aliphatic carbocycles. The predicted molar refractivity (Wildman–Crippen MR) is 99.7 cm³/mol. The summed E-state index contributed by atoms with van der Waals surface area (Å²) < 4.78 is 27.9. The van der Waals surface area contributed by atoms with Crippen LogP contribution in [0.5, 0.6) is 0 Å². The zero-order valence-corrected chi connectivity index (χ0v) is 16.1. The average Bonchev–Trinajstić information content (AvgIpc) is 2.57. The SMILES string of the molecule is CCN(CC)c1ncc(NS(=O)(=O)c2ccc(Br)cc2)cc1C(=O)O. The summed E-state index contributed by atoms with van der Waals surface area (Å²) in [6.07, 6.45) is 1.32. The van der Waals surface area contributed by atoms with Crippen LogP contribution in [0.1, 0.15) is 24.2 Å². The van der Waals surface area contributed by atoms with E-state index in [1.165, 1.54) is 24.4 Å². The number of nitrogens with zero attached hydrogens (tertiary/aromatic N) is 2. The zero-order valence-electron chi connectivity index (χ0n) is 13.7. The quantitative estimate of drug-likeness (QED) is 0.703. The van der Waals surface area contributed by atoms with Gasteiger partial charge in [-0.15, -0.1) is 0 Å². The Labute approximate surface area is 154 Å². The largest absolute Gasteiger partial charge is 0.478 e. The molecule has 25 heavy (non-hydrogen) atoms. The molecular formula is C16H18BrN3O4S. The second-order valence-corrected chi connectivity index (χ2v) is 7.73. The molecule has 1 aromatic heterocycles. The first-order valence-electron chi connectivity index (χ1n) is 7.55. The number of pyridine rings is 1. The number of hydrogen-bond acceptors (Lipinski definition) is 5. The Bertz CT molecular complexity index is 865. The van der Waals surface area contributed by atoms with Crippen LogP contribution < -0.4 is 9.62 Å². The molecule has 2 rings (SSSR count). The number of halogens is 1. The molecule has 0 saturated carbocycles. The number of benzene rings is 1. The number of carboxylic acid groups (broad SMARTS) is 1. The fourth-order valence-corrected chi connectivity index (χ4v) is 3.57. The number of anilines is 2. The molecule has 0 spiro atoms. The van der Waals surface area contributed by atoms with E-state index < -0.39 is 16.0 Å². The average molecular weight is 428 g/mol. The molecule has 2 aromatic rings. The third kappa shape index (κ3) is 4.49. The van der Waals surface area contributed by atoms with Crippen LogP contribution >= 0.6 is 15.9 Å². The van der Waals surface area contributed by atoms with Crippen molar-refractivity contribution in [2.45, 2.75) is 18.7 Å². The number of aromatic carboxylic acids is 1. The lowest BCUT2D eigenvalue weighted by molar-refractivity contribution is 0.0697. The lowest BCUT2D eigenvalue weighted by Gasteiger charge is -2.22. The van der Waals surface area contributed by atoms with Crippen molar-refractivity contribution in [3.05, 3.63) is 46.6 Å². The lowest BCUT2D eigenvalue weighted by Crippen LogP contribution is -2.25. The van der Waals surface area contributed by atoms with Crippen molar-refractivity contribution < 1.29 is 18.3 Å². The third-order valence-corrected chi connectivity index (χ3v) is 5.46. The van der Waals surface area contributed by atoms with E-state index >= 15 is 0 Å². The Balaban J connectivity index is 2.38. The van der Waals surface area contributed by atoms with Crippen molar-refractivity contribution in [3.8, 4) is 0 Å². The molecule has 0 amide bonds. The normalized spacial score (nSPS) is 11.2. The summed E-state index contributed by atoms with van der Waals surface area (Å²) in [4.78, 5) is 17.5. The van der Waals surface area contributed by atoms with Crippen LogP contribution in [0.15, 0.2) is 45.9 Å². The maximum atomic E-state index is 12.4. The van der Waals surface area contributed by atoms with Gasteiger partial charge < -0.3 is 10.0 Å². The molecular weight excluding hydrogens is 410 g/mol. The van der Waals surface area contributed by atoms with Gasteiger partial charge in [0, 0.05) is 17.6 Å². The monoisotopic (exact) mass is 427 g/mol. The highest BCUT2D eigenvalue weighted by Gasteiger charge is 2.19. The van der Waals surface area contributed by atoms with Crippen molar-refractivity contribution in [1.29, 1.82) is 0 Å². The zero-order chi connectivity index (χ0) is 18.6. The number of carbonyl (C=O) groups is 1. The minimum absolute atomic E-state index is 0.0558. The van der Waals surface area contributed by atoms with Gasteiger partial charge >= 0.3 is 5.97 Å². The van der Waals surface area contributed by atoms with Crippen molar-refractivity contribution in [2.75, 3.05) is 22.7 Å². The first-order valence-corrected chi connectivity index (χ1v) is 9.82. The summed E-state index contributed by atoms with van der Waals surface area (Å²) in [5, 5.41) is 9.43. The fourth-order valence-electron chi connectivity index (χ4n) is 2.27. The number of sulfonamides is 1. The number of nitrogens with one attached hydrogen (secondary N) is 1. The van der Waals surface area contributed by atoms with Crippen LogP contribution in [0.3, 0.4) is 0 Å². The van der Waals surface area contributed by atoms with E-state index in [4.69, 9.17) is 0 Å². The summed E-state index contributed by atoms with van der Waals surface area (Å²) in [6.45, 7) is 4.96. The van der Waals surface area contributed by atoms with Crippen LogP contribution in [0, 0.1) is 0 Å². The maximum Gasteiger partial charge on any atom is 0.339 e. The van der Waals surface area contributed by atoms with E-state index in [-0.39, 0.29) is 16.1 Å². The van der Waals surface area contributed by atoms with E-state index in [2.05, 4.69) is 25.6 Å². The van der Waals surface area contributed by atoms with Gasteiger partial charge in [-0.25, -0.2) is 18.2 Å². The molecule has 0 unspecified atom stereocenters. The maximum absolute atomic E-state index is 12.4. The van der Waals surface area contributed by atoms with Gasteiger partial charge in [-0.1, -0.05) is 15.9 Å². The van der Waals surface area contributed by atoms with Crippen molar-refractivity contribution in [1.82, 2.24) is 4.98 Å². The van der Waals surface area contributed by atoms with Crippen molar-refractivity contribution >= 4 is 43.4 Å². The standard InChI is InChI=1S/C16H18BrN3O4S/c1-3-20(4-2)15-14(16(21)22)9-12(10-18-15)19-25(23,24)13-7-5-11(17)6-8-13/h5-10,19H,3-4H2,1-2H3,(H,21,22). The summed E-state index contributed by atoms with van der Waals surface area (Å²) >= 11 is 3.24. The van der Waals surface area contributed by atoms with Crippen LogP contribution in [-0.2, 0) is 10.0 Å². The summed E-state index contributed by atoms with van der Waals surface area (Å²) in [5.74, 6) is -0.858. The first-order chi connectivity index (χ1) is 11.8. The Morgan fingerprint density at radius 2 is 1.84 bits per heavy atom. The summed E-state index contributed by atoms with van der Waals surface area (Å²) in [6, 6.07) is 7.39. The van der Waals surface area contributed by atoms with Gasteiger partial charge in [0.1, 0.15) is 11.4 Å². The molecule has 0 bridgehead atoms. The Kier molecular flexibility index (Phi) is 6.02. The molecule has 0 saturated heterocycles. The van der Waals surface area contributed by atoms with Crippen molar-refractivity contribution in [3.63, 3.8) is 0 Å². The van der Waals surface area contributed by atoms with Crippen LogP contribution in [0.2, 0.25) is 0 Å². The van der Waals surface area contributed by atoms with E-state index in [1.807, 2.05) is 13.8 Å². The predicted octanol–water partition coefficient (Wildman–Crippen LogP) is 3.19. The summed E-state index contributed by atoms with van der Waals surface area (Å²) in [5.41, 5.74) is 0.0379. The van der Waals surface area contributed by atoms with Gasteiger partial charge in [0.25, 0.3) is 10.0 Å². The number of carboxylic acids is 1. The lowest BCUT2D eigenvalue weighted by atomic mass is 10.2. The fraction of sp³-hybridized carbons (Fsp3) is 0.250. The van der Waals surface area contributed by atoms with Gasteiger partial charge in [0.2, 0.25) is 0 Å². The van der Waals surface area contributed by atoms with E-state index in [1.54, 1.807) is 17.0 Å². The molecule has 1 aromatic carbocycles. The highest BCUT2D eigenvalue weighted by atomic mass is 79.9. The molecule has 0 fully saturated rings. The topological polar surface area (TPSA) is 99.6 Å². The van der Waals surface area contributed by atoms with E-state index in [9.17, 15) is 18.3 Å². The molecule has 0 radical (unpaired) electrons. The number of aromatic nitrogens is 1. The van der Waals surface area contributed by atoms with Gasteiger partial charge in [-0.3, -0.25) is 4.72 Å². The second kappa shape index (κ2) is 7.83. The Morgan fingerprint density at radius 3 is 2.36 bits per heavy atom. The first kappa shape index (κ1) is 19.2. The molecule has 7 nitrogen and oxygen atoms in total. The molecule has 2 N–H and O–H groups in total.